The van der Waals surface area contributed by atoms with Crippen LogP contribution in [0.4, 0.5) is 4.39 Å². The molecule has 1 aliphatic rings. The molecule has 1 fully saturated rings. The highest BCUT2D eigenvalue weighted by molar-refractivity contribution is 7.86. The van der Waals surface area contributed by atoms with Crippen LogP contribution in [0, 0.1) is 11.7 Å². The first kappa shape index (κ1) is 23.2. The molecule has 2 aromatic rings. The lowest BCUT2D eigenvalue weighted by Gasteiger charge is -2.29. The van der Waals surface area contributed by atoms with E-state index in [4.69, 9.17) is 21.1 Å². The first-order chi connectivity index (χ1) is 14.3. The molecule has 0 aliphatic carbocycles. The van der Waals surface area contributed by atoms with Gasteiger partial charge >= 0.3 is 0 Å². The monoisotopic (exact) mass is 452 g/mol. The molecule has 1 saturated heterocycles. The number of rotatable bonds is 7. The lowest BCUT2D eigenvalue weighted by Crippen LogP contribution is -2.28. The molecule has 1 aliphatic heterocycles. The van der Waals surface area contributed by atoms with Gasteiger partial charge < -0.3 is 9.47 Å². The van der Waals surface area contributed by atoms with Gasteiger partial charge in [0.15, 0.2) is 11.6 Å². The van der Waals surface area contributed by atoms with Gasteiger partial charge in [-0.1, -0.05) is 35.9 Å². The van der Waals surface area contributed by atoms with Crippen LogP contribution in [0.1, 0.15) is 51.5 Å². The smallest absolute Gasteiger partial charge is 0.181 e. The second-order valence-corrected chi connectivity index (χ2v) is 11.5. The summed E-state index contributed by atoms with van der Waals surface area (Å²) in [5, 5.41) is 0.224. The van der Waals surface area contributed by atoms with Gasteiger partial charge in [0.05, 0.1) is 5.02 Å². The number of hydrogen-bond donors (Lipinski definition) is 0. The van der Waals surface area contributed by atoms with Crippen LogP contribution >= 0.6 is 11.6 Å². The molecule has 0 unspecified atom stereocenters. The molecule has 6 heteroatoms. The van der Waals surface area contributed by atoms with Crippen LogP contribution in [-0.4, -0.2) is 27.9 Å². The van der Waals surface area contributed by atoms with Crippen LogP contribution in [0.25, 0.3) is 0 Å². The fraction of sp³-hybridized carbons (Fsp3) is 0.500. The highest BCUT2D eigenvalue weighted by atomic mass is 35.5. The SMILES string of the molecule is CC(C)(C)[S@@](=O)C[C@@H](CC1CCOCC1)c1ccc(Cl)c(Oc2ccccc2)c1F. The molecule has 0 bridgehead atoms. The summed E-state index contributed by atoms with van der Waals surface area (Å²) in [6.45, 7) is 7.32. The Morgan fingerprint density at radius 1 is 1.17 bits per heavy atom. The molecule has 2 aromatic carbocycles. The average molecular weight is 453 g/mol. The molecular formula is C24H30ClFO3S. The van der Waals surface area contributed by atoms with Crippen molar-refractivity contribution in [2.75, 3.05) is 19.0 Å². The van der Waals surface area contributed by atoms with E-state index < -0.39 is 16.6 Å². The Morgan fingerprint density at radius 3 is 2.47 bits per heavy atom. The van der Waals surface area contributed by atoms with E-state index in [-0.39, 0.29) is 21.4 Å². The highest BCUT2D eigenvalue weighted by Gasteiger charge is 2.30. The fourth-order valence-electron chi connectivity index (χ4n) is 3.66. The van der Waals surface area contributed by atoms with Crippen LogP contribution in [0.3, 0.4) is 0 Å². The van der Waals surface area contributed by atoms with Crippen LogP contribution in [0.15, 0.2) is 42.5 Å². The van der Waals surface area contributed by atoms with Gasteiger partial charge in [-0.15, -0.1) is 0 Å². The van der Waals surface area contributed by atoms with Crippen LogP contribution < -0.4 is 4.74 Å². The normalized spacial score (nSPS) is 17.5. The number of benzene rings is 2. The van der Waals surface area contributed by atoms with Crippen molar-refractivity contribution in [1.29, 1.82) is 0 Å². The van der Waals surface area contributed by atoms with Crippen molar-refractivity contribution >= 4 is 22.4 Å². The zero-order chi connectivity index (χ0) is 21.7. The Bertz CT molecular complexity index is 861. The lowest BCUT2D eigenvalue weighted by atomic mass is 9.85. The maximum Gasteiger partial charge on any atom is 0.181 e. The molecule has 3 nitrogen and oxygen atoms in total. The molecule has 0 saturated carbocycles. The molecule has 0 amide bonds. The number of para-hydroxylation sites is 1. The van der Waals surface area contributed by atoms with Crippen LogP contribution in [0.5, 0.6) is 11.5 Å². The van der Waals surface area contributed by atoms with Crippen molar-refractivity contribution in [3.8, 4) is 11.5 Å². The first-order valence-corrected chi connectivity index (χ1v) is 12.1. The molecule has 0 N–H and O–H groups in total. The molecule has 0 aromatic heterocycles. The molecule has 0 radical (unpaired) electrons. The largest absolute Gasteiger partial charge is 0.453 e. The maximum atomic E-state index is 15.6. The third kappa shape index (κ3) is 6.05. The van der Waals surface area contributed by atoms with Gasteiger partial charge in [0.25, 0.3) is 0 Å². The molecular weight excluding hydrogens is 423 g/mol. The predicted molar refractivity (Wildman–Crippen MR) is 122 cm³/mol. The minimum absolute atomic E-state index is 0.0267. The summed E-state index contributed by atoms with van der Waals surface area (Å²) in [7, 11) is -1.10. The van der Waals surface area contributed by atoms with E-state index in [1.165, 1.54) is 0 Å². The molecule has 1 heterocycles. The quantitative estimate of drug-likeness (QED) is 0.467. The molecule has 3 rings (SSSR count). The van der Waals surface area contributed by atoms with E-state index in [0.29, 0.717) is 23.0 Å². The van der Waals surface area contributed by atoms with Crippen molar-refractivity contribution in [3.63, 3.8) is 0 Å². The third-order valence-electron chi connectivity index (χ3n) is 5.48. The Hall–Kier alpha value is -1.43. The van der Waals surface area contributed by atoms with Crippen molar-refractivity contribution in [2.45, 2.75) is 50.7 Å². The number of hydrogen-bond acceptors (Lipinski definition) is 3. The standard InChI is InChI=1S/C24H30ClFO3S/c1-24(2,3)30(27)16-18(15-17-11-13-28-14-12-17)20-9-10-21(25)23(22(20)26)29-19-7-5-4-6-8-19/h4-10,17-18H,11-16H2,1-3H3/t18-,30+/m1/s1. The summed E-state index contributed by atoms with van der Waals surface area (Å²) in [4.78, 5) is 0. The maximum absolute atomic E-state index is 15.6. The van der Waals surface area contributed by atoms with E-state index in [1.54, 1.807) is 24.3 Å². The van der Waals surface area contributed by atoms with Crippen LogP contribution in [-0.2, 0) is 15.5 Å². The summed E-state index contributed by atoms with van der Waals surface area (Å²) >= 11 is 6.28. The molecule has 2 atom stereocenters. The van der Waals surface area contributed by atoms with Gasteiger partial charge in [-0.05, 0) is 75.6 Å². The van der Waals surface area contributed by atoms with Crippen molar-refractivity contribution in [1.82, 2.24) is 0 Å². The Balaban J connectivity index is 1.92. The van der Waals surface area contributed by atoms with Crippen molar-refractivity contribution < 1.29 is 18.1 Å². The highest BCUT2D eigenvalue weighted by Crippen LogP contribution is 2.39. The van der Waals surface area contributed by atoms with Gasteiger partial charge in [0, 0.05) is 34.5 Å². The molecule has 164 valence electrons. The van der Waals surface area contributed by atoms with Gasteiger partial charge in [-0.3, -0.25) is 4.21 Å². The average Bonchev–Trinajstić information content (AvgIpc) is 2.71. The van der Waals surface area contributed by atoms with E-state index in [9.17, 15) is 4.21 Å². The van der Waals surface area contributed by atoms with E-state index in [0.717, 1.165) is 32.5 Å². The van der Waals surface area contributed by atoms with E-state index >= 15 is 4.39 Å². The fourth-order valence-corrected chi connectivity index (χ4v) is 5.03. The summed E-state index contributed by atoms with van der Waals surface area (Å²) in [5.74, 6) is 0.741. The second kappa shape index (κ2) is 10.3. The number of halogens is 2. The van der Waals surface area contributed by atoms with Gasteiger partial charge in [-0.2, -0.15) is 0 Å². The first-order valence-electron chi connectivity index (χ1n) is 10.4. The Morgan fingerprint density at radius 2 is 1.83 bits per heavy atom. The van der Waals surface area contributed by atoms with Gasteiger partial charge in [0.1, 0.15) is 5.75 Å². The lowest BCUT2D eigenvalue weighted by molar-refractivity contribution is 0.0622. The molecule has 30 heavy (non-hydrogen) atoms. The van der Waals surface area contributed by atoms with E-state index in [2.05, 4.69) is 0 Å². The zero-order valence-electron chi connectivity index (χ0n) is 17.8. The number of ether oxygens (including phenoxy) is 2. The third-order valence-corrected chi connectivity index (χ3v) is 7.84. The topological polar surface area (TPSA) is 35.5 Å². The van der Waals surface area contributed by atoms with Crippen molar-refractivity contribution in [3.05, 3.63) is 58.9 Å². The minimum Gasteiger partial charge on any atom is -0.453 e. The van der Waals surface area contributed by atoms with Gasteiger partial charge in [-0.25, -0.2) is 4.39 Å². The Labute approximate surface area is 186 Å². The summed E-state index contributed by atoms with van der Waals surface area (Å²) in [6, 6.07) is 12.4. The Kier molecular flexibility index (Phi) is 7.94. The summed E-state index contributed by atoms with van der Waals surface area (Å²) in [5.41, 5.74) is 0.523. The van der Waals surface area contributed by atoms with Gasteiger partial charge in [0.2, 0.25) is 0 Å². The van der Waals surface area contributed by atoms with Crippen molar-refractivity contribution in [2.24, 2.45) is 5.92 Å². The minimum atomic E-state index is -1.10. The summed E-state index contributed by atoms with van der Waals surface area (Å²) in [6.07, 6.45) is 2.66. The van der Waals surface area contributed by atoms with Crippen LogP contribution in [0.2, 0.25) is 5.02 Å². The zero-order valence-corrected chi connectivity index (χ0v) is 19.4. The molecule has 0 spiro atoms. The van der Waals surface area contributed by atoms with E-state index in [1.807, 2.05) is 39.0 Å². The predicted octanol–water partition coefficient (Wildman–Crippen LogP) is 6.72. The summed E-state index contributed by atoms with van der Waals surface area (Å²) < 4.78 is 39.5. The second-order valence-electron chi connectivity index (χ2n) is 8.81.